The van der Waals surface area contributed by atoms with Crippen LogP contribution in [0.15, 0.2) is 103 Å². The smallest absolute Gasteiger partial charge is 0.308 e. The minimum absolute atomic E-state index is 0.161. The highest BCUT2D eigenvalue weighted by Crippen LogP contribution is 2.47. The Balaban J connectivity index is 1.66. The van der Waals surface area contributed by atoms with E-state index in [0.717, 1.165) is 12.1 Å². The molecule has 7 nitrogen and oxygen atoms in total. The fraction of sp³-hybridized carbons (Fsp3) is 0.0465. The summed E-state index contributed by atoms with van der Waals surface area (Å²) in [5.41, 5.74) is -3.77. The lowest BCUT2D eigenvalue weighted by atomic mass is 9.91. The van der Waals surface area contributed by atoms with E-state index >= 15 is 0 Å². The van der Waals surface area contributed by atoms with Crippen molar-refractivity contribution in [2.75, 3.05) is 0 Å². The van der Waals surface area contributed by atoms with Crippen molar-refractivity contribution in [3.8, 4) is 52.8 Å². The Kier molecular flexibility index (Phi) is 7.83. The molecule has 0 unspecified atom stereocenters. The van der Waals surface area contributed by atoms with Gasteiger partial charge in [0.2, 0.25) is 0 Å². The summed E-state index contributed by atoms with van der Waals surface area (Å²) in [7, 11) is 0. The Bertz CT molecular complexity index is 2890. The van der Waals surface area contributed by atoms with Gasteiger partial charge in [0.05, 0.1) is 91.1 Å². The van der Waals surface area contributed by atoms with E-state index in [2.05, 4.69) is 6.07 Å². The van der Waals surface area contributed by atoms with Crippen LogP contribution in [0.25, 0.3) is 66.1 Å². The number of halogens is 6. The maximum Gasteiger partial charge on any atom is 0.417 e. The minimum Gasteiger partial charge on any atom is -0.308 e. The SMILES string of the molecule is N#Cc1ccc2c3ccc(C#N)cc3n(-c3cc(-c4c(C(F)(F)F)cccc4C(F)(F)F)cc(-n4c5cc(C#N)ccc5c5ccc(C#N)cc54)c3C#N)c2c1. The lowest BCUT2D eigenvalue weighted by Crippen LogP contribution is -2.15. The number of hydrogen-bond donors (Lipinski definition) is 0. The van der Waals surface area contributed by atoms with E-state index in [1.807, 2.05) is 24.3 Å². The minimum atomic E-state index is -5.27. The first kappa shape index (κ1) is 35.0. The summed E-state index contributed by atoms with van der Waals surface area (Å²) in [5, 5.41) is 52.6. The van der Waals surface area contributed by atoms with Gasteiger partial charge in [-0.3, -0.25) is 0 Å². The van der Waals surface area contributed by atoms with E-state index in [1.54, 1.807) is 24.3 Å². The van der Waals surface area contributed by atoms with Crippen molar-refractivity contribution in [2.45, 2.75) is 12.4 Å². The molecular formula is C43H17F6N7. The van der Waals surface area contributed by atoms with Crippen LogP contribution in [0.2, 0.25) is 0 Å². The van der Waals surface area contributed by atoms with Crippen LogP contribution in [0.3, 0.4) is 0 Å². The summed E-state index contributed by atoms with van der Waals surface area (Å²) in [6, 6.07) is 32.7. The Morgan fingerprint density at radius 2 is 0.732 bits per heavy atom. The summed E-state index contributed by atoms with van der Waals surface area (Å²) >= 11 is 0. The van der Waals surface area contributed by atoms with Crippen molar-refractivity contribution in [1.29, 1.82) is 26.3 Å². The average Bonchev–Trinajstić information content (AvgIpc) is 3.69. The van der Waals surface area contributed by atoms with Crippen molar-refractivity contribution in [1.82, 2.24) is 9.13 Å². The van der Waals surface area contributed by atoms with E-state index < -0.39 is 34.6 Å². The Hall–Kier alpha value is -8.05. The Labute approximate surface area is 312 Å². The lowest BCUT2D eigenvalue weighted by Gasteiger charge is -2.22. The Morgan fingerprint density at radius 3 is 1.00 bits per heavy atom. The molecule has 0 fully saturated rings. The monoisotopic (exact) mass is 745 g/mol. The molecule has 0 aliphatic rings. The molecule has 13 heteroatoms. The second kappa shape index (κ2) is 12.5. The van der Waals surface area contributed by atoms with Crippen LogP contribution in [0.5, 0.6) is 0 Å². The maximum absolute atomic E-state index is 14.8. The van der Waals surface area contributed by atoms with E-state index in [-0.39, 0.29) is 61.3 Å². The predicted molar refractivity (Wildman–Crippen MR) is 194 cm³/mol. The number of hydrogen-bond acceptors (Lipinski definition) is 5. The van der Waals surface area contributed by atoms with Gasteiger partial charge in [-0.25, -0.2) is 0 Å². The molecule has 0 bridgehead atoms. The van der Waals surface area contributed by atoms with Gasteiger partial charge in [-0.15, -0.1) is 0 Å². The summed E-state index contributed by atoms with van der Waals surface area (Å²) in [6.45, 7) is 0. The van der Waals surface area contributed by atoms with Crippen LogP contribution >= 0.6 is 0 Å². The first-order valence-corrected chi connectivity index (χ1v) is 16.4. The highest BCUT2D eigenvalue weighted by atomic mass is 19.4. The quantitative estimate of drug-likeness (QED) is 0.166. The molecule has 0 atom stereocenters. The summed E-state index contributed by atoms with van der Waals surface area (Å²) in [4.78, 5) is 0. The third kappa shape index (κ3) is 5.33. The third-order valence-electron chi connectivity index (χ3n) is 9.71. The third-order valence-corrected chi connectivity index (χ3v) is 9.71. The van der Waals surface area contributed by atoms with Crippen LogP contribution in [-0.4, -0.2) is 9.13 Å². The van der Waals surface area contributed by atoms with Gasteiger partial charge >= 0.3 is 12.4 Å². The summed E-state index contributed by atoms with van der Waals surface area (Å²) < 4.78 is 91.7. The molecule has 2 heterocycles. The van der Waals surface area contributed by atoms with Crippen molar-refractivity contribution >= 4 is 43.6 Å². The number of benzene rings is 6. The molecule has 266 valence electrons. The van der Waals surface area contributed by atoms with Crippen LogP contribution in [0.4, 0.5) is 26.3 Å². The average molecular weight is 746 g/mol. The summed E-state index contributed by atoms with van der Waals surface area (Å²) in [5.74, 6) is 0. The molecule has 0 spiro atoms. The second-order valence-electron chi connectivity index (χ2n) is 12.8. The van der Waals surface area contributed by atoms with Crippen LogP contribution in [0.1, 0.15) is 38.9 Å². The van der Waals surface area contributed by atoms with Gasteiger partial charge < -0.3 is 9.13 Å². The van der Waals surface area contributed by atoms with Gasteiger partial charge in [0.25, 0.3) is 0 Å². The van der Waals surface area contributed by atoms with Gasteiger partial charge in [0.15, 0.2) is 0 Å². The van der Waals surface area contributed by atoms with Gasteiger partial charge in [0.1, 0.15) is 11.6 Å². The van der Waals surface area contributed by atoms with E-state index in [9.17, 15) is 52.7 Å². The fourth-order valence-electron chi connectivity index (χ4n) is 7.39. The molecule has 0 aliphatic heterocycles. The molecule has 8 aromatic rings. The van der Waals surface area contributed by atoms with Crippen molar-refractivity contribution in [3.63, 3.8) is 0 Å². The number of nitriles is 5. The van der Waals surface area contributed by atoms with Crippen LogP contribution in [-0.2, 0) is 12.4 Å². The topological polar surface area (TPSA) is 129 Å². The zero-order valence-electron chi connectivity index (χ0n) is 28.2. The van der Waals surface area contributed by atoms with E-state index in [0.29, 0.717) is 39.7 Å². The number of alkyl halides is 6. The normalized spacial score (nSPS) is 11.7. The number of nitrogens with zero attached hydrogens (tertiary/aromatic N) is 7. The highest BCUT2D eigenvalue weighted by Gasteiger charge is 2.41. The second-order valence-corrected chi connectivity index (χ2v) is 12.8. The molecular weight excluding hydrogens is 729 g/mol. The molecule has 2 aromatic heterocycles. The first-order chi connectivity index (χ1) is 26.8. The Morgan fingerprint density at radius 1 is 0.411 bits per heavy atom. The highest BCUT2D eigenvalue weighted by molar-refractivity contribution is 6.12. The lowest BCUT2D eigenvalue weighted by molar-refractivity contribution is -0.142. The van der Waals surface area contributed by atoms with Crippen molar-refractivity contribution in [3.05, 3.63) is 142 Å². The van der Waals surface area contributed by atoms with E-state index in [1.165, 1.54) is 57.7 Å². The van der Waals surface area contributed by atoms with Gasteiger partial charge in [0, 0.05) is 27.1 Å². The molecule has 0 amide bonds. The molecule has 0 saturated carbocycles. The number of fused-ring (bicyclic) bond motifs is 6. The van der Waals surface area contributed by atoms with Crippen LogP contribution in [0, 0.1) is 56.7 Å². The van der Waals surface area contributed by atoms with Gasteiger partial charge in [-0.2, -0.15) is 52.7 Å². The van der Waals surface area contributed by atoms with Crippen molar-refractivity contribution < 1.29 is 26.3 Å². The van der Waals surface area contributed by atoms with Gasteiger partial charge in [-0.1, -0.05) is 30.3 Å². The number of rotatable bonds is 3. The standard InChI is InChI=1S/C43H17F6N7/c44-42(45,46)33-2-1-3-34(43(47,48)49)41(33)27-16-39(55-35-12-23(18-50)4-8-28(35)29-9-5-24(19-51)13-36(29)55)32(22-54)40(17-27)56-37-14-25(20-52)6-10-30(37)31-11-7-26(21-53)15-38(31)56/h1-17H. The zero-order valence-corrected chi connectivity index (χ0v) is 28.2. The summed E-state index contributed by atoms with van der Waals surface area (Å²) in [6.07, 6.45) is -10.5. The number of aromatic nitrogens is 2. The molecule has 8 rings (SSSR count). The fourth-order valence-corrected chi connectivity index (χ4v) is 7.39. The molecule has 56 heavy (non-hydrogen) atoms. The zero-order chi connectivity index (χ0) is 39.7. The molecule has 0 radical (unpaired) electrons. The first-order valence-electron chi connectivity index (χ1n) is 16.4. The molecule has 6 aromatic carbocycles. The maximum atomic E-state index is 14.8. The van der Waals surface area contributed by atoms with Gasteiger partial charge in [-0.05, 0) is 78.4 Å². The van der Waals surface area contributed by atoms with E-state index in [4.69, 9.17) is 0 Å². The predicted octanol–water partition coefficient (Wildman–Crippen LogP) is 10.9. The largest absolute Gasteiger partial charge is 0.417 e. The van der Waals surface area contributed by atoms with Crippen LogP contribution < -0.4 is 0 Å². The molecule has 0 aliphatic carbocycles. The van der Waals surface area contributed by atoms with Crippen molar-refractivity contribution in [2.24, 2.45) is 0 Å². The molecule has 0 N–H and O–H groups in total. The molecule has 0 saturated heterocycles.